The monoisotopic (exact) mass is 473 g/mol. The molecule has 5 aromatic rings. The fourth-order valence-electron chi connectivity index (χ4n) is 5.38. The van der Waals surface area contributed by atoms with Crippen LogP contribution in [0.2, 0.25) is 0 Å². The van der Waals surface area contributed by atoms with Gasteiger partial charge in [-0.2, -0.15) is 10.2 Å². The standard InChI is InChI=1S/C26H31N7S/c1-16(2)23-24(19-11-17(3)26-27-15-28-33(26)13-19)29-21-12-22(34-25(21)23)18-5-9-32(10-6-18)14-20-7-8-31(4)30-20/h7-8,11-13,15-16,18,29H,5-6,9-10,14H2,1-4H3. The van der Waals surface area contributed by atoms with E-state index >= 15 is 0 Å². The number of pyridine rings is 1. The maximum Gasteiger partial charge on any atom is 0.158 e. The summed E-state index contributed by atoms with van der Waals surface area (Å²) in [6, 6.07) is 6.76. The Morgan fingerprint density at radius 3 is 2.76 bits per heavy atom. The van der Waals surface area contributed by atoms with Gasteiger partial charge in [-0.1, -0.05) is 13.8 Å². The maximum absolute atomic E-state index is 4.55. The Bertz CT molecular complexity index is 1460. The molecular formula is C26H31N7S. The third-order valence-electron chi connectivity index (χ3n) is 7.09. The molecule has 0 amide bonds. The van der Waals surface area contributed by atoms with Gasteiger partial charge in [-0.15, -0.1) is 11.3 Å². The SMILES string of the molecule is Cc1cc(-c2[nH]c3cc(C4CCN(Cc5ccn(C)n5)CC4)sc3c2C(C)C)cn2ncnc12. The van der Waals surface area contributed by atoms with Crippen LogP contribution in [0.3, 0.4) is 0 Å². The molecule has 0 bridgehead atoms. The van der Waals surface area contributed by atoms with Gasteiger partial charge < -0.3 is 4.98 Å². The number of aromatic amines is 1. The van der Waals surface area contributed by atoms with Crippen molar-refractivity contribution in [1.82, 2.24) is 34.3 Å². The fourth-order valence-corrected chi connectivity index (χ4v) is 6.86. The molecule has 1 aliphatic rings. The molecule has 6 heterocycles. The van der Waals surface area contributed by atoms with Gasteiger partial charge in [0.25, 0.3) is 0 Å². The quantitative estimate of drug-likeness (QED) is 0.367. The van der Waals surface area contributed by atoms with Gasteiger partial charge in [0.2, 0.25) is 0 Å². The van der Waals surface area contributed by atoms with Crippen LogP contribution < -0.4 is 0 Å². The van der Waals surface area contributed by atoms with Gasteiger partial charge in [-0.05, 0) is 74.0 Å². The Labute approximate surface area is 203 Å². The average Bonchev–Trinajstić information content (AvgIpc) is 3.57. The molecule has 1 aliphatic heterocycles. The van der Waals surface area contributed by atoms with E-state index in [1.54, 1.807) is 6.33 Å². The van der Waals surface area contributed by atoms with Gasteiger partial charge >= 0.3 is 0 Å². The van der Waals surface area contributed by atoms with Crippen molar-refractivity contribution >= 4 is 27.2 Å². The summed E-state index contributed by atoms with van der Waals surface area (Å²) in [7, 11) is 1.99. The van der Waals surface area contributed by atoms with Crippen molar-refractivity contribution in [3.63, 3.8) is 0 Å². The van der Waals surface area contributed by atoms with Crippen molar-refractivity contribution in [3.05, 3.63) is 58.6 Å². The Kier molecular flexibility index (Phi) is 5.30. The Morgan fingerprint density at radius 2 is 2.03 bits per heavy atom. The number of hydrogen-bond acceptors (Lipinski definition) is 5. The van der Waals surface area contributed by atoms with Crippen molar-refractivity contribution in [2.24, 2.45) is 7.05 Å². The fraction of sp³-hybridized carbons (Fsp3) is 0.423. The number of nitrogens with zero attached hydrogens (tertiary/aromatic N) is 6. The largest absolute Gasteiger partial charge is 0.354 e. The van der Waals surface area contributed by atoms with Gasteiger partial charge in [-0.3, -0.25) is 9.58 Å². The number of fused-ring (bicyclic) bond motifs is 2. The van der Waals surface area contributed by atoms with Gasteiger partial charge in [0.05, 0.1) is 21.6 Å². The summed E-state index contributed by atoms with van der Waals surface area (Å²) in [5, 5.41) is 8.92. The summed E-state index contributed by atoms with van der Waals surface area (Å²) in [6.45, 7) is 9.91. The van der Waals surface area contributed by atoms with Crippen molar-refractivity contribution < 1.29 is 0 Å². The van der Waals surface area contributed by atoms with Crippen molar-refractivity contribution in [2.45, 2.75) is 52.0 Å². The number of H-pyrrole nitrogens is 1. The zero-order valence-electron chi connectivity index (χ0n) is 20.2. The summed E-state index contributed by atoms with van der Waals surface area (Å²) in [5.41, 5.74) is 8.30. The van der Waals surface area contributed by atoms with E-state index < -0.39 is 0 Å². The lowest BCUT2D eigenvalue weighted by Gasteiger charge is -2.31. The molecule has 0 unspecified atom stereocenters. The molecule has 0 spiro atoms. The minimum atomic E-state index is 0.433. The van der Waals surface area contributed by atoms with Gasteiger partial charge in [0.15, 0.2) is 5.65 Å². The Morgan fingerprint density at radius 1 is 1.21 bits per heavy atom. The first-order chi connectivity index (χ1) is 16.5. The summed E-state index contributed by atoms with van der Waals surface area (Å²) < 4.78 is 5.18. The van der Waals surface area contributed by atoms with Crippen molar-refractivity contribution in [3.8, 4) is 11.3 Å². The summed E-state index contributed by atoms with van der Waals surface area (Å²) in [5.74, 6) is 1.07. The molecule has 5 aromatic heterocycles. The molecule has 1 fully saturated rings. The molecule has 0 atom stereocenters. The molecule has 0 aliphatic carbocycles. The molecule has 34 heavy (non-hydrogen) atoms. The normalized spacial score (nSPS) is 15.9. The highest BCUT2D eigenvalue weighted by Crippen LogP contribution is 2.43. The second-order valence-electron chi connectivity index (χ2n) is 9.93. The van der Waals surface area contributed by atoms with Crippen LogP contribution in [-0.4, -0.2) is 47.4 Å². The van der Waals surface area contributed by atoms with Crippen LogP contribution in [0.25, 0.3) is 27.1 Å². The molecule has 176 valence electrons. The maximum atomic E-state index is 4.55. The van der Waals surface area contributed by atoms with Gasteiger partial charge in [-0.25, -0.2) is 9.50 Å². The van der Waals surface area contributed by atoms with Crippen LogP contribution in [0.1, 0.15) is 60.2 Å². The minimum absolute atomic E-state index is 0.433. The van der Waals surface area contributed by atoms with E-state index in [9.17, 15) is 0 Å². The predicted molar refractivity (Wildman–Crippen MR) is 137 cm³/mol. The molecule has 0 radical (unpaired) electrons. The molecule has 8 heteroatoms. The lowest BCUT2D eigenvalue weighted by molar-refractivity contribution is 0.203. The number of nitrogens with one attached hydrogen (secondary N) is 1. The number of likely N-dealkylation sites (tertiary alicyclic amines) is 1. The van der Waals surface area contributed by atoms with Gasteiger partial charge in [0.1, 0.15) is 6.33 Å². The molecular weight excluding hydrogens is 442 g/mol. The minimum Gasteiger partial charge on any atom is -0.354 e. The first kappa shape index (κ1) is 21.6. The Balaban J connectivity index is 1.26. The van der Waals surface area contributed by atoms with E-state index in [1.807, 2.05) is 33.8 Å². The number of aryl methyl sites for hydroxylation is 2. The third kappa shape index (κ3) is 3.75. The summed E-state index contributed by atoms with van der Waals surface area (Å²) in [4.78, 5) is 12.2. The van der Waals surface area contributed by atoms with Crippen LogP contribution in [0.4, 0.5) is 0 Å². The van der Waals surface area contributed by atoms with Crippen LogP contribution in [0.5, 0.6) is 0 Å². The van der Waals surface area contributed by atoms with Crippen LogP contribution in [0.15, 0.2) is 36.9 Å². The van der Waals surface area contributed by atoms with Crippen molar-refractivity contribution in [2.75, 3.05) is 13.1 Å². The molecule has 7 nitrogen and oxygen atoms in total. The van der Waals surface area contributed by atoms with E-state index in [1.165, 1.54) is 50.5 Å². The van der Waals surface area contributed by atoms with E-state index in [2.05, 4.69) is 70.2 Å². The highest BCUT2D eigenvalue weighted by Gasteiger charge is 2.25. The highest BCUT2D eigenvalue weighted by atomic mass is 32.1. The molecule has 0 saturated carbocycles. The third-order valence-corrected chi connectivity index (χ3v) is 8.43. The van der Waals surface area contributed by atoms with E-state index in [0.717, 1.165) is 30.8 Å². The van der Waals surface area contributed by atoms with Crippen LogP contribution in [-0.2, 0) is 13.6 Å². The first-order valence-electron chi connectivity index (χ1n) is 12.1. The van der Waals surface area contributed by atoms with Crippen molar-refractivity contribution in [1.29, 1.82) is 0 Å². The number of hydrogen-bond donors (Lipinski definition) is 1. The van der Waals surface area contributed by atoms with E-state index in [4.69, 9.17) is 0 Å². The van der Waals surface area contributed by atoms with Crippen LogP contribution >= 0.6 is 11.3 Å². The molecule has 0 aromatic carbocycles. The second-order valence-corrected chi connectivity index (χ2v) is 11.0. The predicted octanol–water partition coefficient (Wildman–Crippen LogP) is 5.48. The number of piperidine rings is 1. The summed E-state index contributed by atoms with van der Waals surface area (Å²) >= 11 is 1.99. The van der Waals surface area contributed by atoms with Crippen LogP contribution in [0, 0.1) is 6.92 Å². The number of aromatic nitrogens is 6. The highest BCUT2D eigenvalue weighted by molar-refractivity contribution is 7.19. The Hall–Kier alpha value is -2.97. The molecule has 1 saturated heterocycles. The molecule has 6 rings (SSSR count). The summed E-state index contributed by atoms with van der Waals surface area (Å²) in [6.07, 6.45) is 8.16. The second kappa shape index (κ2) is 8.36. The van der Waals surface area contributed by atoms with E-state index in [-0.39, 0.29) is 0 Å². The topological polar surface area (TPSA) is 67.0 Å². The first-order valence-corrected chi connectivity index (χ1v) is 12.9. The average molecular weight is 474 g/mol. The zero-order chi connectivity index (χ0) is 23.4. The number of rotatable bonds is 5. The zero-order valence-corrected chi connectivity index (χ0v) is 21.1. The lowest BCUT2D eigenvalue weighted by atomic mass is 9.95. The van der Waals surface area contributed by atoms with Gasteiger partial charge in [0, 0.05) is 36.4 Å². The van der Waals surface area contributed by atoms with E-state index in [0.29, 0.717) is 11.8 Å². The lowest BCUT2D eigenvalue weighted by Crippen LogP contribution is -2.32. The number of thiophene rings is 1. The molecule has 1 N–H and O–H groups in total. The smallest absolute Gasteiger partial charge is 0.158 e.